The third kappa shape index (κ3) is 14.2. The molecular formula is C52H63ClN14O3S2. The molecule has 2 aromatic carbocycles. The molecular weight excluding hydrogens is 968 g/mol. The van der Waals surface area contributed by atoms with Crippen molar-refractivity contribution in [3.05, 3.63) is 128 Å². The van der Waals surface area contributed by atoms with Crippen molar-refractivity contribution in [2.45, 2.75) is 105 Å². The largest absolute Gasteiger partial charge is 0.394 e. The molecule has 2 amide bonds. The molecule has 0 saturated heterocycles. The van der Waals surface area contributed by atoms with Crippen LogP contribution in [0.3, 0.4) is 0 Å². The maximum atomic E-state index is 12.9. The van der Waals surface area contributed by atoms with Gasteiger partial charge in [-0.15, -0.1) is 34.3 Å². The van der Waals surface area contributed by atoms with E-state index in [4.69, 9.17) is 0 Å². The fourth-order valence-corrected chi connectivity index (χ4v) is 9.14. The van der Waals surface area contributed by atoms with Crippen LogP contribution in [0.15, 0.2) is 95.7 Å². The summed E-state index contributed by atoms with van der Waals surface area (Å²) in [5.41, 5.74) is 7.98. The molecule has 3 unspecified atom stereocenters. The highest BCUT2D eigenvalue weighted by Gasteiger charge is 2.25. The van der Waals surface area contributed by atoms with E-state index in [0.29, 0.717) is 27.5 Å². The van der Waals surface area contributed by atoms with E-state index in [1.807, 2.05) is 63.5 Å². The topological polar surface area (TPSA) is 222 Å². The molecule has 0 saturated carbocycles. The highest BCUT2D eigenvalue weighted by atomic mass is 35.5. The van der Waals surface area contributed by atoms with Gasteiger partial charge >= 0.3 is 0 Å². The van der Waals surface area contributed by atoms with Gasteiger partial charge in [-0.2, -0.15) is 5.10 Å². The van der Waals surface area contributed by atoms with E-state index in [1.54, 1.807) is 41.9 Å². The molecule has 7 aromatic rings. The number of aliphatic imine (C=N–C) groups is 2. The Bertz CT molecular complexity index is 3040. The Balaban J connectivity index is 0.000000228. The molecule has 20 heteroatoms. The zero-order chi connectivity index (χ0) is 52.3. The first-order valence-corrected chi connectivity index (χ1v) is 25.7. The summed E-state index contributed by atoms with van der Waals surface area (Å²) in [6.45, 7) is 20.3. The van der Waals surface area contributed by atoms with Gasteiger partial charge in [0.05, 0.1) is 70.6 Å². The maximum Gasteiger partial charge on any atom is 0.263 e. The Morgan fingerprint density at radius 1 is 0.736 bits per heavy atom. The number of carbonyl (C=O) groups excluding carboxylic acids is 2. The molecule has 1 aliphatic heterocycles. The second kappa shape index (κ2) is 24.1. The normalized spacial score (nSPS) is 14.0. The molecule has 0 bridgehead atoms. The van der Waals surface area contributed by atoms with E-state index >= 15 is 0 Å². The SMILES string of the molecule is CCC(NC(=O)c1cnc(C(C)(C)C)s1)c1ccc(-c2ccnc(NC3=NC(C)N=C3)n2)cc1C.CCl.Cc1cc(-c2ccnc(Nc3cnn(C)c3)n2)ccc1C(CO)NC(=O)c1cnc(C(C)(C)C)s1. The molecule has 5 aromatic heterocycles. The van der Waals surface area contributed by atoms with Gasteiger partial charge in [-0.3, -0.25) is 19.3 Å². The van der Waals surface area contributed by atoms with E-state index in [2.05, 4.69) is 145 Å². The van der Waals surface area contributed by atoms with Crippen molar-refractivity contribution in [2.75, 3.05) is 23.6 Å². The number of aromatic nitrogens is 8. The number of alkyl halides is 1. The van der Waals surface area contributed by atoms with Crippen LogP contribution < -0.4 is 21.3 Å². The Morgan fingerprint density at radius 3 is 1.65 bits per heavy atom. The Kier molecular flexibility index (Phi) is 18.2. The van der Waals surface area contributed by atoms with Gasteiger partial charge in [0.1, 0.15) is 21.8 Å². The van der Waals surface area contributed by atoms with Crippen molar-refractivity contribution in [3.8, 4) is 22.5 Å². The predicted molar refractivity (Wildman–Crippen MR) is 291 cm³/mol. The molecule has 0 aliphatic carbocycles. The summed E-state index contributed by atoms with van der Waals surface area (Å²) in [5, 5.41) is 28.4. The van der Waals surface area contributed by atoms with Crippen molar-refractivity contribution in [1.82, 2.24) is 50.3 Å². The van der Waals surface area contributed by atoms with Crippen LogP contribution in [0.5, 0.6) is 0 Å². The molecule has 3 atom stereocenters. The summed E-state index contributed by atoms with van der Waals surface area (Å²) in [4.78, 5) is 62.2. The van der Waals surface area contributed by atoms with Crippen LogP contribution in [0.4, 0.5) is 17.6 Å². The third-order valence-corrected chi connectivity index (χ3v) is 13.9. The summed E-state index contributed by atoms with van der Waals surface area (Å²) in [5.74, 6) is 1.26. The van der Waals surface area contributed by atoms with Crippen molar-refractivity contribution >= 4 is 75.7 Å². The third-order valence-electron chi connectivity index (χ3n) is 11.1. The van der Waals surface area contributed by atoms with E-state index in [1.165, 1.54) is 29.1 Å². The van der Waals surface area contributed by atoms with Crippen molar-refractivity contribution in [1.29, 1.82) is 0 Å². The van der Waals surface area contributed by atoms with Crippen molar-refractivity contribution in [3.63, 3.8) is 0 Å². The lowest BCUT2D eigenvalue weighted by atomic mass is 9.96. The average Bonchev–Trinajstić information content (AvgIpc) is 4.20. The summed E-state index contributed by atoms with van der Waals surface area (Å²) in [6, 6.07) is 15.1. The van der Waals surface area contributed by atoms with Crippen LogP contribution >= 0.6 is 34.3 Å². The number of hydrogen-bond acceptors (Lipinski definition) is 16. The van der Waals surface area contributed by atoms with Gasteiger partial charge in [0, 0.05) is 54.0 Å². The van der Waals surface area contributed by atoms with E-state index in [0.717, 1.165) is 66.9 Å². The number of aliphatic hydroxyl groups excluding tert-OH is 1. The first kappa shape index (κ1) is 54.5. The average molecular weight is 1030 g/mol. The standard InChI is InChI=1S/C26H31N7OS.C25H29N7O2S.CH3Cl/c1-7-19(31-23(34)21-13-29-24(35-21)26(4,5)6)18-9-8-17(12-15(18)2)20-10-11-27-25(32-20)33-22-14-28-16(3)30-22;1-15-10-16(19-8-9-26-24(31-19)29-17-11-28-32(5)13-17)6-7-18(15)20(14-33)30-22(34)21-12-27-23(35-21)25(2,3)4;1-2/h8-14,16,19H,7H2,1-6H3,(H,31,34)(H,27,30,32,33);6-13,20,33H,14H2,1-5H3,(H,30,34)(H,26,29,31);1H3. The van der Waals surface area contributed by atoms with E-state index in [-0.39, 0.29) is 41.5 Å². The molecule has 72 heavy (non-hydrogen) atoms. The molecule has 0 spiro atoms. The first-order valence-electron chi connectivity index (χ1n) is 23.3. The minimum absolute atomic E-state index is 0.0767. The predicted octanol–water partition coefficient (Wildman–Crippen LogP) is 10.3. The van der Waals surface area contributed by atoms with Gasteiger partial charge in [0.25, 0.3) is 11.8 Å². The number of benzene rings is 2. The van der Waals surface area contributed by atoms with Crippen LogP contribution in [0.25, 0.3) is 22.5 Å². The van der Waals surface area contributed by atoms with Crippen LogP contribution in [0.2, 0.25) is 0 Å². The number of carbonyl (C=O) groups is 2. The molecule has 8 rings (SSSR count). The fourth-order valence-electron chi connectivity index (χ4n) is 7.38. The summed E-state index contributed by atoms with van der Waals surface area (Å²) < 4.78 is 1.70. The lowest BCUT2D eigenvalue weighted by Gasteiger charge is -2.20. The van der Waals surface area contributed by atoms with Gasteiger partial charge in [-0.25, -0.2) is 34.9 Å². The van der Waals surface area contributed by atoms with Gasteiger partial charge in [0.2, 0.25) is 11.9 Å². The van der Waals surface area contributed by atoms with E-state index in [9.17, 15) is 14.7 Å². The monoisotopic (exact) mass is 1030 g/mol. The highest BCUT2D eigenvalue weighted by molar-refractivity contribution is 7.14. The second-order valence-electron chi connectivity index (χ2n) is 19.0. The number of halogens is 1. The molecule has 0 radical (unpaired) electrons. The fraction of sp³-hybridized carbons (Fsp3) is 0.365. The zero-order valence-corrected chi connectivity index (χ0v) is 45.1. The number of nitrogens with zero attached hydrogens (tertiary/aromatic N) is 10. The molecule has 378 valence electrons. The number of amides is 2. The smallest absolute Gasteiger partial charge is 0.263 e. The van der Waals surface area contributed by atoms with Crippen LogP contribution in [-0.2, 0) is 17.9 Å². The number of anilines is 3. The maximum absolute atomic E-state index is 12.9. The van der Waals surface area contributed by atoms with Crippen LogP contribution in [-0.4, -0.2) is 87.8 Å². The van der Waals surface area contributed by atoms with E-state index < -0.39 is 6.04 Å². The number of aliphatic hydroxyl groups is 1. The number of hydrogen-bond donors (Lipinski definition) is 5. The van der Waals surface area contributed by atoms with Crippen LogP contribution in [0.1, 0.15) is 126 Å². The molecule has 1 aliphatic rings. The summed E-state index contributed by atoms with van der Waals surface area (Å²) >= 11 is 7.46. The quantitative estimate of drug-likeness (QED) is 0.0681. The summed E-state index contributed by atoms with van der Waals surface area (Å²) in [7, 11) is 1.84. The molecule has 0 fully saturated rings. The number of rotatable bonds is 13. The lowest BCUT2D eigenvalue weighted by Crippen LogP contribution is -2.30. The van der Waals surface area contributed by atoms with Crippen molar-refractivity contribution < 1.29 is 14.7 Å². The zero-order valence-electron chi connectivity index (χ0n) is 42.7. The molecule has 6 heterocycles. The first-order chi connectivity index (χ1) is 34.3. The Hall–Kier alpha value is -6.80. The van der Waals surface area contributed by atoms with Crippen LogP contribution in [0, 0.1) is 13.8 Å². The van der Waals surface area contributed by atoms with Gasteiger partial charge in [-0.05, 0) is 73.7 Å². The number of amidine groups is 1. The van der Waals surface area contributed by atoms with Gasteiger partial charge in [0.15, 0.2) is 0 Å². The number of aryl methyl sites for hydroxylation is 3. The molecule has 17 nitrogen and oxygen atoms in total. The number of nitrogens with one attached hydrogen (secondary N) is 4. The van der Waals surface area contributed by atoms with Gasteiger partial charge in [-0.1, -0.05) is 72.7 Å². The highest BCUT2D eigenvalue weighted by Crippen LogP contribution is 2.31. The second-order valence-corrected chi connectivity index (χ2v) is 21.0. The minimum Gasteiger partial charge on any atom is -0.394 e. The Labute approximate surface area is 434 Å². The minimum atomic E-state index is -0.537. The molecule has 5 N–H and O–H groups in total. The number of thiazole rings is 2. The Morgan fingerprint density at radius 2 is 1.24 bits per heavy atom. The summed E-state index contributed by atoms with van der Waals surface area (Å²) in [6.07, 6.45) is 14.1. The van der Waals surface area contributed by atoms with Gasteiger partial charge < -0.3 is 26.4 Å². The lowest BCUT2D eigenvalue weighted by molar-refractivity contribution is 0.0917. The van der Waals surface area contributed by atoms with Crippen molar-refractivity contribution in [2.24, 2.45) is 17.0 Å².